The minimum atomic E-state index is -4.18. The number of benzene rings is 4. The van der Waals surface area contributed by atoms with Gasteiger partial charge in [0.2, 0.25) is 11.8 Å². The average molecular weight is 679 g/mol. The first-order valence-corrected chi connectivity index (χ1v) is 16.4. The van der Waals surface area contributed by atoms with Crippen LogP contribution < -0.4 is 14.4 Å². The van der Waals surface area contributed by atoms with Gasteiger partial charge in [-0.3, -0.25) is 13.9 Å². The number of aryl methyl sites for hydroxylation is 1. The molecule has 1 atom stereocenters. The number of nitrogens with zero attached hydrogens (tertiary/aromatic N) is 2. The summed E-state index contributed by atoms with van der Waals surface area (Å²) in [5, 5.41) is 2.86. The summed E-state index contributed by atoms with van der Waals surface area (Å²) in [5.74, 6) is 0.284. The number of amides is 2. The van der Waals surface area contributed by atoms with E-state index in [1.54, 1.807) is 43.3 Å². The van der Waals surface area contributed by atoms with E-state index in [4.69, 9.17) is 4.74 Å². The van der Waals surface area contributed by atoms with E-state index in [1.807, 2.05) is 75.4 Å². The summed E-state index contributed by atoms with van der Waals surface area (Å²) >= 11 is 3.42. The molecule has 0 unspecified atom stereocenters. The molecule has 2 amide bonds. The quantitative estimate of drug-likeness (QED) is 0.180. The van der Waals surface area contributed by atoms with Crippen LogP contribution in [0.2, 0.25) is 0 Å². The van der Waals surface area contributed by atoms with Gasteiger partial charge < -0.3 is 15.0 Å². The first-order chi connectivity index (χ1) is 20.9. The van der Waals surface area contributed by atoms with Gasteiger partial charge in [0, 0.05) is 17.1 Å². The number of rotatable bonds is 12. The van der Waals surface area contributed by atoms with Crippen LogP contribution in [0.3, 0.4) is 0 Å². The van der Waals surface area contributed by atoms with E-state index in [1.165, 1.54) is 17.0 Å². The van der Waals surface area contributed by atoms with Crippen molar-refractivity contribution in [2.45, 2.75) is 51.2 Å². The monoisotopic (exact) mass is 677 g/mol. The van der Waals surface area contributed by atoms with E-state index in [-0.39, 0.29) is 29.1 Å². The Morgan fingerprint density at radius 1 is 0.818 bits per heavy atom. The number of hydrogen-bond acceptors (Lipinski definition) is 5. The summed E-state index contributed by atoms with van der Waals surface area (Å²) in [5.41, 5.74) is 1.97. The predicted octanol–water partition coefficient (Wildman–Crippen LogP) is 6.69. The van der Waals surface area contributed by atoms with Crippen molar-refractivity contribution in [3.8, 4) is 11.5 Å². The Morgan fingerprint density at radius 3 is 2.00 bits per heavy atom. The summed E-state index contributed by atoms with van der Waals surface area (Å²) in [7, 11) is -4.18. The molecule has 0 spiro atoms. The summed E-state index contributed by atoms with van der Waals surface area (Å²) in [6.45, 7) is 6.78. The lowest BCUT2D eigenvalue weighted by atomic mass is 10.1. The minimum absolute atomic E-state index is 0.0468. The van der Waals surface area contributed by atoms with Crippen molar-refractivity contribution in [1.82, 2.24) is 10.2 Å². The van der Waals surface area contributed by atoms with Crippen molar-refractivity contribution in [3.63, 3.8) is 0 Å². The molecule has 4 aromatic rings. The second-order valence-corrected chi connectivity index (χ2v) is 13.5. The van der Waals surface area contributed by atoms with Crippen molar-refractivity contribution in [2.24, 2.45) is 0 Å². The maximum Gasteiger partial charge on any atom is 0.264 e. The molecule has 0 saturated carbocycles. The Balaban J connectivity index is 1.70. The molecule has 1 N–H and O–H groups in total. The number of anilines is 1. The highest BCUT2D eigenvalue weighted by Gasteiger charge is 2.32. The summed E-state index contributed by atoms with van der Waals surface area (Å²) in [4.78, 5) is 28.6. The SMILES string of the molecule is Cc1ccc(S(=O)(=O)N(CC(=O)N(Cc2ccc(Br)cc2)[C@@H](C)C(=O)NC(C)C)c2ccc(Oc3ccccc3)cc2)cc1. The molecule has 0 aliphatic carbocycles. The van der Waals surface area contributed by atoms with Gasteiger partial charge in [0.1, 0.15) is 24.1 Å². The smallest absolute Gasteiger partial charge is 0.264 e. The Labute approximate surface area is 267 Å². The Morgan fingerprint density at radius 2 is 1.41 bits per heavy atom. The van der Waals surface area contributed by atoms with Crippen LogP contribution in [0.4, 0.5) is 5.69 Å². The number of carbonyl (C=O) groups is 2. The van der Waals surface area contributed by atoms with E-state index in [0.717, 1.165) is 19.9 Å². The van der Waals surface area contributed by atoms with Gasteiger partial charge in [0.25, 0.3) is 10.0 Å². The zero-order valence-electron chi connectivity index (χ0n) is 25.1. The van der Waals surface area contributed by atoms with Gasteiger partial charge in [-0.2, -0.15) is 0 Å². The number of para-hydroxylation sites is 1. The normalized spacial score (nSPS) is 12.0. The minimum Gasteiger partial charge on any atom is -0.457 e. The molecule has 0 saturated heterocycles. The van der Waals surface area contributed by atoms with E-state index < -0.39 is 28.5 Å². The molecular weight excluding hydrogens is 642 g/mol. The molecule has 0 radical (unpaired) electrons. The standard InChI is InChI=1S/C34H36BrN3O5S/c1-24(2)36-34(40)26(4)37(22-27-12-14-28(35)15-13-27)33(39)23-38(44(41,42)32-20-10-25(3)11-21-32)29-16-18-31(19-17-29)43-30-8-6-5-7-9-30/h5-21,24,26H,22-23H2,1-4H3,(H,36,40)/t26-/m0/s1. The van der Waals surface area contributed by atoms with Crippen LogP contribution in [-0.2, 0) is 26.2 Å². The molecule has 0 aliphatic rings. The van der Waals surface area contributed by atoms with Gasteiger partial charge in [-0.25, -0.2) is 8.42 Å². The largest absolute Gasteiger partial charge is 0.457 e. The lowest BCUT2D eigenvalue weighted by Gasteiger charge is -2.32. The predicted molar refractivity (Wildman–Crippen MR) is 176 cm³/mol. The maximum atomic E-state index is 14.1. The van der Waals surface area contributed by atoms with Crippen molar-refractivity contribution in [1.29, 1.82) is 0 Å². The molecule has 0 heterocycles. The zero-order chi connectivity index (χ0) is 31.9. The molecule has 0 fully saturated rings. The number of hydrogen-bond donors (Lipinski definition) is 1. The second kappa shape index (κ2) is 14.5. The topological polar surface area (TPSA) is 96.0 Å². The fraction of sp³-hybridized carbons (Fsp3) is 0.235. The van der Waals surface area contributed by atoms with Crippen molar-refractivity contribution in [2.75, 3.05) is 10.8 Å². The van der Waals surface area contributed by atoms with E-state index >= 15 is 0 Å². The van der Waals surface area contributed by atoms with Crippen LogP contribution in [-0.4, -0.2) is 43.8 Å². The third-order valence-corrected chi connectivity index (χ3v) is 9.17. The molecular formula is C34H36BrN3O5S. The molecule has 4 aromatic carbocycles. The van der Waals surface area contributed by atoms with Gasteiger partial charge in [-0.1, -0.05) is 64.0 Å². The summed E-state index contributed by atoms with van der Waals surface area (Å²) in [6, 6.07) is 28.6. The van der Waals surface area contributed by atoms with Gasteiger partial charge >= 0.3 is 0 Å². The number of ether oxygens (including phenoxy) is 1. The zero-order valence-corrected chi connectivity index (χ0v) is 27.5. The number of nitrogens with one attached hydrogen (secondary N) is 1. The number of sulfonamides is 1. The molecule has 230 valence electrons. The van der Waals surface area contributed by atoms with E-state index in [9.17, 15) is 18.0 Å². The van der Waals surface area contributed by atoms with Crippen LogP contribution in [0.5, 0.6) is 11.5 Å². The molecule has 4 rings (SSSR count). The van der Waals surface area contributed by atoms with E-state index in [2.05, 4.69) is 21.2 Å². The molecule has 8 nitrogen and oxygen atoms in total. The van der Waals surface area contributed by atoms with Crippen molar-refractivity contribution < 1.29 is 22.7 Å². The number of carbonyl (C=O) groups excluding carboxylic acids is 2. The Bertz CT molecular complexity index is 1660. The Hall–Kier alpha value is -4.15. The van der Waals surface area contributed by atoms with Crippen molar-refractivity contribution in [3.05, 3.63) is 119 Å². The Kier molecular flexibility index (Phi) is 10.8. The fourth-order valence-electron chi connectivity index (χ4n) is 4.45. The third kappa shape index (κ3) is 8.48. The number of halogens is 1. The van der Waals surface area contributed by atoms with Crippen LogP contribution in [0.15, 0.2) is 112 Å². The average Bonchev–Trinajstić information content (AvgIpc) is 3.00. The highest BCUT2D eigenvalue weighted by molar-refractivity contribution is 9.10. The molecule has 44 heavy (non-hydrogen) atoms. The summed E-state index contributed by atoms with van der Waals surface area (Å²) < 4.78 is 36.0. The lowest BCUT2D eigenvalue weighted by Crippen LogP contribution is -2.52. The molecule has 0 bridgehead atoms. The van der Waals surface area contributed by atoms with E-state index in [0.29, 0.717) is 11.5 Å². The molecule has 0 aromatic heterocycles. The lowest BCUT2D eigenvalue weighted by molar-refractivity contribution is -0.139. The van der Waals surface area contributed by atoms with Crippen molar-refractivity contribution >= 4 is 43.5 Å². The van der Waals surface area contributed by atoms with Gasteiger partial charge in [-0.05, 0) is 93.9 Å². The van der Waals surface area contributed by atoms with Gasteiger partial charge in [-0.15, -0.1) is 0 Å². The first-order valence-electron chi connectivity index (χ1n) is 14.2. The fourth-order valence-corrected chi connectivity index (χ4v) is 6.12. The van der Waals surface area contributed by atoms with Crippen LogP contribution in [0.25, 0.3) is 0 Å². The highest BCUT2D eigenvalue weighted by Crippen LogP contribution is 2.29. The molecule has 0 aliphatic heterocycles. The summed E-state index contributed by atoms with van der Waals surface area (Å²) in [6.07, 6.45) is 0. The van der Waals surface area contributed by atoms with Crippen LogP contribution >= 0.6 is 15.9 Å². The maximum absolute atomic E-state index is 14.1. The van der Waals surface area contributed by atoms with Gasteiger partial charge in [0.05, 0.1) is 10.6 Å². The van der Waals surface area contributed by atoms with Crippen LogP contribution in [0, 0.1) is 6.92 Å². The third-order valence-electron chi connectivity index (χ3n) is 6.86. The van der Waals surface area contributed by atoms with Crippen LogP contribution in [0.1, 0.15) is 31.9 Å². The van der Waals surface area contributed by atoms with Gasteiger partial charge in [0.15, 0.2) is 0 Å². The second-order valence-electron chi connectivity index (χ2n) is 10.7. The first kappa shape index (κ1) is 32.8. The molecule has 10 heteroatoms. The highest BCUT2D eigenvalue weighted by atomic mass is 79.9.